The molecule has 1 aliphatic rings. The van der Waals surface area contributed by atoms with Gasteiger partial charge in [0.15, 0.2) is 58.2 Å². The second kappa shape index (κ2) is 11.2. The van der Waals surface area contributed by atoms with Crippen LogP contribution in [0.1, 0.15) is 16.7 Å². The predicted molar refractivity (Wildman–Crippen MR) is 142 cm³/mol. The summed E-state index contributed by atoms with van der Waals surface area (Å²) in [7, 11) is 0. The van der Waals surface area contributed by atoms with Gasteiger partial charge < -0.3 is 0 Å². The van der Waals surface area contributed by atoms with Crippen molar-refractivity contribution in [3.63, 3.8) is 0 Å². The Morgan fingerprint density at radius 1 is 0.333 bits per heavy atom. The molecule has 0 aliphatic carbocycles. The topological polar surface area (TPSA) is 0 Å². The molecular formula is C32H9BF15-. The Morgan fingerprint density at radius 2 is 0.667 bits per heavy atom. The smallest absolute Gasteiger partial charge is 0.200 e. The van der Waals surface area contributed by atoms with Gasteiger partial charge in [-0.1, -0.05) is 60.2 Å². The summed E-state index contributed by atoms with van der Waals surface area (Å²) in [6.45, 7) is 0. The Kier molecular flexibility index (Phi) is 7.67. The van der Waals surface area contributed by atoms with Gasteiger partial charge in [0.1, 0.15) is 29.4 Å². The maximum atomic E-state index is 16.0. The second-order valence-electron chi connectivity index (χ2n) is 10.5. The summed E-state index contributed by atoms with van der Waals surface area (Å²) in [6.07, 6.45) is -5.38. The van der Waals surface area contributed by atoms with Crippen molar-refractivity contribution < 1.29 is 65.9 Å². The van der Waals surface area contributed by atoms with Crippen LogP contribution in [-0.4, -0.2) is 6.15 Å². The summed E-state index contributed by atoms with van der Waals surface area (Å²) in [5.41, 5.74) is -11.8. The van der Waals surface area contributed by atoms with Gasteiger partial charge in [-0.15, -0.1) is 10.9 Å². The maximum absolute atomic E-state index is 16.0. The maximum Gasteiger partial charge on any atom is 0.200 e. The molecule has 0 atom stereocenters. The molecule has 0 radical (unpaired) electrons. The van der Waals surface area contributed by atoms with Gasteiger partial charge in [0, 0.05) is 5.56 Å². The first-order chi connectivity index (χ1) is 22.6. The Bertz CT molecular complexity index is 2090. The average molecular weight is 689 g/mol. The van der Waals surface area contributed by atoms with Gasteiger partial charge in [0.2, 0.25) is 5.82 Å². The summed E-state index contributed by atoms with van der Waals surface area (Å²) < 4.78 is 228. The van der Waals surface area contributed by atoms with Crippen LogP contribution >= 0.6 is 0 Å². The van der Waals surface area contributed by atoms with Crippen LogP contribution in [-0.2, 0) is 0 Å². The highest BCUT2D eigenvalue weighted by Gasteiger charge is 2.52. The third kappa shape index (κ3) is 4.10. The molecule has 0 saturated heterocycles. The number of halogens is 15. The Hall–Kier alpha value is -5.15. The molecule has 1 heterocycles. The zero-order chi connectivity index (χ0) is 35.1. The molecule has 0 bridgehead atoms. The highest BCUT2D eigenvalue weighted by Crippen LogP contribution is 2.47. The molecule has 0 spiro atoms. The molecule has 0 amide bonds. The zero-order valence-corrected chi connectivity index (χ0v) is 22.9. The second-order valence-corrected chi connectivity index (χ2v) is 10.5. The third-order valence-corrected chi connectivity index (χ3v) is 8.29. The molecular weight excluding hydrogens is 680 g/mol. The van der Waals surface area contributed by atoms with E-state index in [1.54, 1.807) is 0 Å². The summed E-state index contributed by atoms with van der Waals surface area (Å²) in [6, 6.07) is 9.26. The van der Waals surface area contributed by atoms with E-state index in [0.29, 0.717) is 6.07 Å². The highest BCUT2D eigenvalue weighted by atomic mass is 19.2. The predicted octanol–water partition coefficient (Wildman–Crippen LogP) is 7.76. The van der Waals surface area contributed by atoms with Crippen molar-refractivity contribution in [1.82, 2.24) is 0 Å². The lowest BCUT2D eigenvalue weighted by atomic mass is 9.12. The summed E-state index contributed by atoms with van der Waals surface area (Å²) in [5, 5.41) is 0. The van der Waals surface area contributed by atoms with Crippen LogP contribution in [0.4, 0.5) is 65.9 Å². The zero-order valence-electron chi connectivity index (χ0n) is 22.9. The van der Waals surface area contributed by atoms with Gasteiger partial charge in [-0.3, -0.25) is 0 Å². The third-order valence-electron chi connectivity index (χ3n) is 8.29. The number of hydrogen-bond acceptors (Lipinski definition) is 0. The fourth-order valence-electron chi connectivity index (χ4n) is 6.47. The van der Waals surface area contributed by atoms with Gasteiger partial charge in [0.25, 0.3) is 0 Å². The van der Waals surface area contributed by atoms with E-state index in [1.165, 1.54) is 18.2 Å². The van der Waals surface area contributed by atoms with E-state index in [2.05, 4.69) is 0 Å². The molecule has 0 fully saturated rings. The van der Waals surface area contributed by atoms with Gasteiger partial charge in [0.05, 0.1) is 0 Å². The molecule has 246 valence electrons. The fraction of sp³-hybridized carbons (Fsp3) is 0. The van der Waals surface area contributed by atoms with Crippen LogP contribution in [0.15, 0.2) is 54.6 Å². The van der Waals surface area contributed by atoms with Crippen LogP contribution in [0.3, 0.4) is 0 Å². The number of hydrogen-bond donors (Lipinski definition) is 0. The van der Waals surface area contributed by atoms with Crippen molar-refractivity contribution in [1.29, 1.82) is 0 Å². The van der Waals surface area contributed by atoms with E-state index in [9.17, 15) is 39.5 Å². The van der Waals surface area contributed by atoms with E-state index in [1.807, 2.05) is 0 Å². The first-order valence-electron chi connectivity index (χ1n) is 13.2. The Balaban J connectivity index is 2.08. The lowest BCUT2D eigenvalue weighted by Crippen LogP contribution is -2.71. The normalized spacial score (nSPS) is 13.8. The van der Waals surface area contributed by atoms with Crippen LogP contribution in [0.25, 0.3) is 11.0 Å². The molecule has 0 aromatic heterocycles. The summed E-state index contributed by atoms with van der Waals surface area (Å²) in [4.78, 5) is 0. The molecule has 6 rings (SSSR count). The van der Waals surface area contributed by atoms with E-state index in [0.717, 1.165) is 30.3 Å². The summed E-state index contributed by atoms with van der Waals surface area (Å²) in [5.74, 6) is -43.1. The first-order valence-corrected chi connectivity index (χ1v) is 13.2. The SMILES string of the molecule is Fc1c(F)c(F)c(C2=C(c3ccccc3)c3ccccc3[B-]2(c2c(F)c(F)c(F)c(F)c2F)c2c(F)c(F)c(F)c(F)c2F)c(F)c1F. The minimum Gasteiger partial charge on any atom is -0.207 e. The van der Waals surface area contributed by atoms with E-state index in [4.69, 9.17) is 0 Å². The van der Waals surface area contributed by atoms with Gasteiger partial charge in [-0.05, 0) is 11.1 Å². The molecule has 1 aliphatic heterocycles. The minimum atomic E-state index is -5.38. The molecule has 0 N–H and O–H groups in total. The average Bonchev–Trinajstić information content (AvgIpc) is 3.37. The summed E-state index contributed by atoms with van der Waals surface area (Å²) >= 11 is 0. The molecule has 0 unspecified atom stereocenters. The fourth-order valence-corrected chi connectivity index (χ4v) is 6.47. The largest absolute Gasteiger partial charge is 0.207 e. The minimum absolute atomic E-state index is 0.389. The number of benzene rings is 5. The van der Waals surface area contributed by atoms with Gasteiger partial charge in [-0.2, -0.15) is 10.9 Å². The van der Waals surface area contributed by atoms with Gasteiger partial charge >= 0.3 is 0 Å². The van der Waals surface area contributed by atoms with E-state index < -0.39 is 132 Å². The van der Waals surface area contributed by atoms with Crippen molar-refractivity contribution in [2.45, 2.75) is 0 Å². The Morgan fingerprint density at radius 3 is 1.08 bits per heavy atom. The van der Waals surface area contributed by atoms with Crippen LogP contribution in [0.5, 0.6) is 0 Å². The van der Waals surface area contributed by atoms with Crippen LogP contribution in [0, 0.1) is 87.3 Å². The molecule has 0 saturated carbocycles. The van der Waals surface area contributed by atoms with E-state index in [-0.39, 0.29) is 5.56 Å². The van der Waals surface area contributed by atoms with Crippen molar-refractivity contribution in [2.24, 2.45) is 0 Å². The first kappa shape index (κ1) is 32.8. The van der Waals surface area contributed by atoms with Crippen LogP contribution < -0.4 is 16.4 Å². The van der Waals surface area contributed by atoms with Crippen molar-refractivity contribution in [2.75, 3.05) is 0 Å². The van der Waals surface area contributed by atoms with Crippen molar-refractivity contribution >= 4 is 33.6 Å². The van der Waals surface area contributed by atoms with Crippen molar-refractivity contribution in [3.05, 3.63) is 159 Å². The molecule has 5 aromatic carbocycles. The molecule has 5 aromatic rings. The molecule has 48 heavy (non-hydrogen) atoms. The lowest BCUT2D eigenvalue weighted by molar-refractivity contribution is 0.376. The van der Waals surface area contributed by atoms with Gasteiger partial charge in [-0.25, -0.2) is 65.9 Å². The lowest BCUT2D eigenvalue weighted by Gasteiger charge is -2.44. The Labute approximate surface area is 258 Å². The monoisotopic (exact) mass is 689 g/mol. The van der Waals surface area contributed by atoms with Crippen molar-refractivity contribution in [3.8, 4) is 0 Å². The van der Waals surface area contributed by atoms with E-state index >= 15 is 26.3 Å². The van der Waals surface area contributed by atoms with Crippen LogP contribution in [0.2, 0.25) is 0 Å². The number of rotatable bonds is 4. The quantitative estimate of drug-likeness (QED) is 0.0784. The highest BCUT2D eigenvalue weighted by molar-refractivity contribution is 7.25. The molecule has 16 heteroatoms. The standard InChI is InChI=1S/C32H9BF15/c34-18-14(19(35)25(41)30(46)24(18)40)15-13(10-6-2-1-3-7-10)11-8-4-5-9-12(11)33(15,16-20(36)26(42)31(47)27(43)21(16)37)17-22(38)28(44)32(48)29(45)23(17)39/h1-9H/q-1. The number of fused-ring (bicyclic) bond motifs is 1. The molecule has 0 nitrogen and oxygen atoms in total.